The number of methoxy groups -OCH3 is 1. The Hall–Kier alpha value is -2.25. The lowest BCUT2D eigenvalue weighted by Crippen LogP contribution is -2.36. The molecule has 0 atom stereocenters. The first-order valence-electron chi connectivity index (χ1n) is 9.14. The molecule has 144 valence electrons. The maximum absolute atomic E-state index is 13.2. The summed E-state index contributed by atoms with van der Waals surface area (Å²) in [6.45, 7) is 5.51. The Labute approximate surface area is 160 Å². The van der Waals surface area contributed by atoms with Crippen LogP contribution in [0.5, 0.6) is 5.75 Å². The zero-order valence-electron chi connectivity index (χ0n) is 15.6. The minimum Gasteiger partial charge on any atom is -0.496 e. The van der Waals surface area contributed by atoms with E-state index in [-0.39, 0.29) is 0 Å². The van der Waals surface area contributed by atoms with Crippen molar-refractivity contribution in [2.24, 2.45) is 0 Å². The second-order valence-electron chi connectivity index (χ2n) is 6.87. The zero-order valence-corrected chi connectivity index (χ0v) is 16.5. The number of benzene rings is 2. The molecule has 0 radical (unpaired) electrons. The summed E-state index contributed by atoms with van der Waals surface area (Å²) < 4.78 is 38.6. The summed E-state index contributed by atoms with van der Waals surface area (Å²) in [6, 6.07) is 11.1. The van der Waals surface area contributed by atoms with E-state index in [0.29, 0.717) is 17.2 Å². The zero-order chi connectivity index (χ0) is 19.0. The fraction of sp³-hybridized carbons (Fsp3) is 0.400. The average Bonchev–Trinajstić information content (AvgIpc) is 3.12. The molecular formula is C20H24N2O4S. The van der Waals surface area contributed by atoms with Crippen LogP contribution in [0.2, 0.25) is 0 Å². The van der Waals surface area contributed by atoms with Gasteiger partial charge in [-0.25, -0.2) is 8.42 Å². The average molecular weight is 388 g/mol. The molecule has 0 spiro atoms. The second kappa shape index (κ2) is 7.05. The normalized spacial score (nSPS) is 17.1. The standard InChI is InChI=1S/C20H24N2O4S/c1-15-13-18(4-6-20(15)25-2)27(23,24)22-8-7-16-14-17(3-5-19(16)22)21-9-11-26-12-10-21/h3-6,13-14H,7-12H2,1-2H3. The predicted molar refractivity (Wildman–Crippen MR) is 105 cm³/mol. The molecule has 1 saturated heterocycles. The van der Waals surface area contributed by atoms with Crippen LogP contribution in [-0.2, 0) is 21.2 Å². The number of fused-ring (bicyclic) bond motifs is 1. The lowest BCUT2D eigenvalue weighted by molar-refractivity contribution is 0.122. The smallest absolute Gasteiger partial charge is 0.264 e. The van der Waals surface area contributed by atoms with Gasteiger partial charge in [0.25, 0.3) is 10.0 Å². The fourth-order valence-electron chi connectivity index (χ4n) is 3.76. The molecule has 0 unspecified atom stereocenters. The van der Waals surface area contributed by atoms with Crippen molar-refractivity contribution in [2.45, 2.75) is 18.2 Å². The van der Waals surface area contributed by atoms with Gasteiger partial charge in [0, 0.05) is 25.3 Å². The Morgan fingerprint density at radius 3 is 2.52 bits per heavy atom. The van der Waals surface area contributed by atoms with Gasteiger partial charge in [0.2, 0.25) is 0 Å². The van der Waals surface area contributed by atoms with E-state index < -0.39 is 10.0 Å². The van der Waals surface area contributed by atoms with Crippen molar-refractivity contribution in [2.75, 3.05) is 49.2 Å². The van der Waals surface area contributed by atoms with Crippen LogP contribution in [0, 0.1) is 6.92 Å². The van der Waals surface area contributed by atoms with E-state index >= 15 is 0 Å². The molecule has 2 aliphatic heterocycles. The molecule has 0 N–H and O–H groups in total. The van der Waals surface area contributed by atoms with E-state index in [1.165, 1.54) is 4.31 Å². The molecule has 4 rings (SSSR count). The van der Waals surface area contributed by atoms with Crippen molar-refractivity contribution in [1.29, 1.82) is 0 Å². The van der Waals surface area contributed by atoms with E-state index in [2.05, 4.69) is 11.0 Å². The van der Waals surface area contributed by atoms with E-state index in [0.717, 1.165) is 55.2 Å². The molecule has 1 fully saturated rings. The molecule has 2 aromatic rings. The SMILES string of the molecule is COc1ccc(S(=O)(=O)N2CCc3cc(N4CCOCC4)ccc32)cc1C. The van der Waals surface area contributed by atoms with Gasteiger partial charge >= 0.3 is 0 Å². The number of hydrogen-bond donors (Lipinski definition) is 0. The van der Waals surface area contributed by atoms with Gasteiger partial charge in [0.1, 0.15) is 5.75 Å². The minimum absolute atomic E-state index is 0.297. The summed E-state index contributed by atoms with van der Waals surface area (Å²) >= 11 is 0. The fourth-order valence-corrected chi connectivity index (χ4v) is 5.35. The predicted octanol–water partition coefficient (Wildman–Crippen LogP) is 2.59. The van der Waals surface area contributed by atoms with Gasteiger partial charge in [-0.1, -0.05) is 0 Å². The molecule has 6 nitrogen and oxygen atoms in total. The van der Waals surface area contributed by atoms with Gasteiger partial charge in [-0.2, -0.15) is 0 Å². The van der Waals surface area contributed by atoms with E-state index in [1.807, 2.05) is 19.1 Å². The Morgan fingerprint density at radius 1 is 1.04 bits per heavy atom. The maximum atomic E-state index is 13.2. The van der Waals surface area contributed by atoms with Gasteiger partial charge in [-0.3, -0.25) is 4.31 Å². The first-order valence-corrected chi connectivity index (χ1v) is 10.6. The number of hydrogen-bond acceptors (Lipinski definition) is 5. The van der Waals surface area contributed by atoms with E-state index in [4.69, 9.17) is 9.47 Å². The number of morpholine rings is 1. The third kappa shape index (κ3) is 3.26. The van der Waals surface area contributed by atoms with Crippen LogP contribution in [0.4, 0.5) is 11.4 Å². The first kappa shape index (κ1) is 18.1. The van der Waals surface area contributed by atoms with Crippen molar-refractivity contribution in [1.82, 2.24) is 0 Å². The highest BCUT2D eigenvalue weighted by Crippen LogP contribution is 2.36. The van der Waals surface area contributed by atoms with Gasteiger partial charge in [-0.05, 0) is 60.9 Å². The first-order chi connectivity index (χ1) is 13.0. The number of ether oxygens (including phenoxy) is 2. The van der Waals surface area contributed by atoms with Gasteiger partial charge in [-0.15, -0.1) is 0 Å². The molecule has 0 bridgehead atoms. The number of rotatable bonds is 4. The van der Waals surface area contributed by atoms with E-state index in [9.17, 15) is 8.42 Å². The molecule has 0 saturated carbocycles. The lowest BCUT2D eigenvalue weighted by Gasteiger charge is -2.29. The van der Waals surface area contributed by atoms with Gasteiger partial charge in [0.15, 0.2) is 0 Å². The highest BCUT2D eigenvalue weighted by atomic mass is 32.2. The largest absolute Gasteiger partial charge is 0.496 e. The summed E-state index contributed by atoms with van der Waals surface area (Å²) in [5.74, 6) is 0.686. The second-order valence-corrected chi connectivity index (χ2v) is 8.73. The number of anilines is 2. The maximum Gasteiger partial charge on any atom is 0.264 e. The van der Waals surface area contributed by atoms with Crippen molar-refractivity contribution in [3.63, 3.8) is 0 Å². The third-order valence-corrected chi connectivity index (χ3v) is 7.06. The summed E-state index contributed by atoms with van der Waals surface area (Å²) in [4.78, 5) is 2.58. The monoisotopic (exact) mass is 388 g/mol. The van der Waals surface area contributed by atoms with Crippen LogP contribution in [-0.4, -0.2) is 48.4 Å². The molecular weight excluding hydrogens is 364 g/mol. The van der Waals surface area contributed by atoms with Crippen LogP contribution in [0.1, 0.15) is 11.1 Å². The van der Waals surface area contributed by atoms with Crippen LogP contribution in [0.25, 0.3) is 0 Å². The quantitative estimate of drug-likeness (QED) is 0.806. The highest BCUT2D eigenvalue weighted by molar-refractivity contribution is 7.92. The Balaban J connectivity index is 1.64. The Kier molecular flexibility index (Phi) is 4.74. The summed E-state index contributed by atoms with van der Waals surface area (Å²) in [5.41, 5.74) is 3.80. The Morgan fingerprint density at radius 2 is 1.81 bits per heavy atom. The molecule has 0 aromatic heterocycles. The molecule has 7 heteroatoms. The number of sulfonamides is 1. The minimum atomic E-state index is -3.59. The molecule has 2 aromatic carbocycles. The van der Waals surface area contributed by atoms with Gasteiger partial charge < -0.3 is 14.4 Å². The molecule has 2 aliphatic rings. The van der Waals surface area contributed by atoms with Crippen molar-refractivity contribution >= 4 is 21.4 Å². The van der Waals surface area contributed by atoms with Crippen LogP contribution in [0.3, 0.4) is 0 Å². The summed E-state index contributed by atoms with van der Waals surface area (Å²) in [7, 11) is -2.01. The molecule has 0 aliphatic carbocycles. The summed E-state index contributed by atoms with van der Waals surface area (Å²) in [6.07, 6.45) is 0.724. The molecule has 2 heterocycles. The Bertz CT molecular complexity index is 952. The lowest BCUT2D eigenvalue weighted by atomic mass is 10.1. The topological polar surface area (TPSA) is 59.1 Å². The molecule has 27 heavy (non-hydrogen) atoms. The van der Waals surface area contributed by atoms with Gasteiger partial charge in [0.05, 0.1) is 30.9 Å². The summed E-state index contributed by atoms with van der Waals surface area (Å²) in [5, 5.41) is 0. The van der Waals surface area contributed by atoms with Crippen molar-refractivity contribution in [3.8, 4) is 5.75 Å². The van der Waals surface area contributed by atoms with Crippen molar-refractivity contribution < 1.29 is 17.9 Å². The number of aryl methyl sites for hydroxylation is 1. The van der Waals surface area contributed by atoms with E-state index in [1.54, 1.807) is 25.3 Å². The third-order valence-electron chi connectivity index (χ3n) is 5.25. The van der Waals surface area contributed by atoms with Crippen LogP contribution in [0.15, 0.2) is 41.3 Å². The van der Waals surface area contributed by atoms with Crippen molar-refractivity contribution in [3.05, 3.63) is 47.5 Å². The molecule has 0 amide bonds. The van der Waals surface area contributed by atoms with Crippen LogP contribution < -0.4 is 13.9 Å². The highest BCUT2D eigenvalue weighted by Gasteiger charge is 2.31. The number of nitrogens with zero attached hydrogens (tertiary/aromatic N) is 2. The van der Waals surface area contributed by atoms with Crippen LogP contribution >= 0.6 is 0 Å².